The Morgan fingerprint density at radius 1 is 1.35 bits per heavy atom. The van der Waals surface area contributed by atoms with Crippen LogP contribution in [0.5, 0.6) is 0 Å². The SMILES string of the molecule is CCN(CCC(=O)O)C(=O)c1ccc(C(F)(F)F)nc1. The largest absolute Gasteiger partial charge is 0.481 e. The summed E-state index contributed by atoms with van der Waals surface area (Å²) in [4.78, 5) is 26.8. The Kier molecular flexibility index (Phi) is 5.06. The molecule has 1 heterocycles. The van der Waals surface area contributed by atoms with Gasteiger partial charge in [0.1, 0.15) is 5.69 Å². The molecule has 0 bridgehead atoms. The van der Waals surface area contributed by atoms with E-state index in [1.807, 2.05) is 0 Å². The quantitative estimate of drug-likeness (QED) is 0.900. The highest BCUT2D eigenvalue weighted by atomic mass is 19.4. The summed E-state index contributed by atoms with van der Waals surface area (Å²) in [6.07, 6.45) is -3.95. The first kappa shape index (κ1) is 15.9. The second kappa shape index (κ2) is 6.36. The number of aromatic nitrogens is 1. The van der Waals surface area contributed by atoms with Gasteiger partial charge in [-0.25, -0.2) is 0 Å². The summed E-state index contributed by atoms with van der Waals surface area (Å²) in [5, 5.41) is 8.56. The fraction of sp³-hybridized carbons (Fsp3) is 0.417. The molecular formula is C12H13F3N2O3. The molecule has 1 rings (SSSR count). The van der Waals surface area contributed by atoms with Gasteiger partial charge >= 0.3 is 12.1 Å². The third-order valence-corrected chi connectivity index (χ3v) is 2.57. The number of hydrogen-bond donors (Lipinski definition) is 1. The fourth-order valence-electron chi connectivity index (χ4n) is 1.50. The highest BCUT2D eigenvalue weighted by Gasteiger charge is 2.32. The van der Waals surface area contributed by atoms with Gasteiger partial charge in [-0.3, -0.25) is 14.6 Å². The molecule has 20 heavy (non-hydrogen) atoms. The van der Waals surface area contributed by atoms with Gasteiger partial charge in [0.05, 0.1) is 12.0 Å². The summed E-state index contributed by atoms with van der Waals surface area (Å²) in [5.74, 6) is -1.60. The molecule has 0 spiro atoms. The monoisotopic (exact) mass is 290 g/mol. The Bertz CT molecular complexity index is 486. The third kappa shape index (κ3) is 4.22. The lowest BCUT2D eigenvalue weighted by atomic mass is 10.2. The lowest BCUT2D eigenvalue weighted by Crippen LogP contribution is -2.33. The number of pyridine rings is 1. The predicted molar refractivity (Wildman–Crippen MR) is 63.1 cm³/mol. The molecule has 1 aromatic rings. The number of amides is 1. The first-order chi connectivity index (χ1) is 9.25. The van der Waals surface area contributed by atoms with Crippen molar-refractivity contribution in [2.75, 3.05) is 13.1 Å². The molecule has 0 aliphatic carbocycles. The van der Waals surface area contributed by atoms with E-state index in [2.05, 4.69) is 4.98 Å². The van der Waals surface area contributed by atoms with Gasteiger partial charge < -0.3 is 10.0 Å². The number of hydrogen-bond acceptors (Lipinski definition) is 3. The van der Waals surface area contributed by atoms with Gasteiger partial charge in [-0.1, -0.05) is 0 Å². The molecule has 110 valence electrons. The van der Waals surface area contributed by atoms with E-state index >= 15 is 0 Å². The molecule has 0 aliphatic rings. The number of rotatable bonds is 5. The average Bonchev–Trinajstić information content (AvgIpc) is 2.38. The average molecular weight is 290 g/mol. The second-order valence-corrected chi connectivity index (χ2v) is 3.96. The highest BCUT2D eigenvalue weighted by Crippen LogP contribution is 2.27. The van der Waals surface area contributed by atoms with E-state index in [4.69, 9.17) is 5.11 Å². The van der Waals surface area contributed by atoms with E-state index in [1.54, 1.807) is 6.92 Å². The molecule has 5 nitrogen and oxygen atoms in total. The van der Waals surface area contributed by atoms with Gasteiger partial charge in [-0.15, -0.1) is 0 Å². The zero-order chi connectivity index (χ0) is 15.3. The minimum Gasteiger partial charge on any atom is -0.481 e. The number of carbonyl (C=O) groups excluding carboxylic acids is 1. The highest BCUT2D eigenvalue weighted by molar-refractivity contribution is 5.94. The van der Waals surface area contributed by atoms with Crippen molar-refractivity contribution in [1.29, 1.82) is 0 Å². The molecule has 8 heteroatoms. The molecule has 1 N–H and O–H groups in total. The van der Waals surface area contributed by atoms with Crippen LogP contribution in [0.3, 0.4) is 0 Å². The van der Waals surface area contributed by atoms with E-state index in [9.17, 15) is 22.8 Å². The fourth-order valence-corrected chi connectivity index (χ4v) is 1.50. The number of carboxylic acid groups (broad SMARTS) is 1. The summed E-state index contributed by atoms with van der Waals surface area (Å²) >= 11 is 0. The third-order valence-electron chi connectivity index (χ3n) is 2.57. The van der Waals surface area contributed by atoms with Crippen molar-refractivity contribution in [3.63, 3.8) is 0 Å². The Labute approximate surface area is 113 Å². The molecule has 0 saturated carbocycles. The van der Waals surface area contributed by atoms with Gasteiger partial charge in [-0.05, 0) is 19.1 Å². The van der Waals surface area contributed by atoms with E-state index in [0.29, 0.717) is 0 Å². The molecule has 0 fully saturated rings. The molecule has 1 amide bonds. The van der Waals surface area contributed by atoms with Crippen LogP contribution < -0.4 is 0 Å². The molecule has 0 aliphatic heterocycles. The van der Waals surface area contributed by atoms with Crippen LogP contribution in [0.2, 0.25) is 0 Å². The van der Waals surface area contributed by atoms with Crippen LogP contribution in [0.1, 0.15) is 29.4 Å². The zero-order valence-corrected chi connectivity index (χ0v) is 10.6. The van der Waals surface area contributed by atoms with Crippen LogP contribution in [0.15, 0.2) is 18.3 Å². The molecule has 0 atom stereocenters. The Morgan fingerprint density at radius 3 is 2.40 bits per heavy atom. The number of nitrogens with zero attached hydrogens (tertiary/aromatic N) is 2. The lowest BCUT2D eigenvalue weighted by molar-refractivity contribution is -0.141. The minimum absolute atomic E-state index is 0.00825. The Hall–Kier alpha value is -2.12. The minimum atomic E-state index is -4.56. The second-order valence-electron chi connectivity index (χ2n) is 3.96. The van der Waals surface area contributed by atoms with Gasteiger partial charge in [0.15, 0.2) is 0 Å². The number of halogens is 3. The normalized spacial score (nSPS) is 11.2. The van der Waals surface area contributed by atoms with Gasteiger partial charge in [-0.2, -0.15) is 13.2 Å². The summed E-state index contributed by atoms with van der Waals surface area (Å²) in [5.41, 5.74) is -1.09. The van der Waals surface area contributed by atoms with Crippen molar-refractivity contribution in [3.8, 4) is 0 Å². The van der Waals surface area contributed by atoms with Crippen molar-refractivity contribution in [2.24, 2.45) is 0 Å². The maximum absolute atomic E-state index is 12.3. The first-order valence-corrected chi connectivity index (χ1v) is 5.80. The summed E-state index contributed by atoms with van der Waals surface area (Å²) in [7, 11) is 0. The van der Waals surface area contributed by atoms with Crippen molar-refractivity contribution in [2.45, 2.75) is 19.5 Å². The van der Waals surface area contributed by atoms with Gasteiger partial charge in [0, 0.05) is 19.3 Å². The molecular weight excluding hydrogens is 277 g/mol. The number of carboxylic acids is 1. The zero-order valence-electron chi connectivity index (χ0n) is 10.6. The Balaban J connectivity index is 2.82. The van der Waals surface area contributed by atoms with E-state index < -0.39 is 23.7 Å². The smallest absolute Gasteiger partial charge is 0.433 e. The van der Waals surface area contributed by atoms with E-state index in [1.165, 1.54) is 4.90 Å². The maximum Gasteiger partial charge on any atom is 0.433 e. The van der Waals surface area contributed by atoms with Crippen molar-refractivity contribution in [1.82, 2.24) is 9.88 Å². The van der Waals surface area contributed by atoms with Crippen LogP contribution in [-0.4, -0.2) is 40.0 Å². The summed E-state index contributed by atoms with van der Waals surface area (Å²) in [6.45, 7) is 1.90. The maximum atomic E-state index is 12.3. The molecule has 0 unspecified atom stereocenters. The molecule has 0 saturated heterocycles. The summed E-state index contributed by atoms with van der Waals surface area (Å²) < 4.78 is 37.0. The van der Waals surface area contributed by atoms with Crippen molar-refractivity contribution >= 4 is 11.9 Å². The van der Waals surface area contributed by atoms with Crippen LogP contribution >= 0.6 is 0 Å². The Morgan fingerprint density at radius 2 is 2.00 bits per heavy atom. The van der Waals surface area contributed by atoms with Gasteiger partial charge in [0.2, 0.25) is 0 Å². The van der Waals surface area contributed by atoms with Crippen LogP contribution in [0.25, 0.3) is 0 Å². The number of aliphatic carboxylic acids is 1. The van der Waals surface area contributed by atoms with Crippen LogP contribution in [0.4, 0.5) is 13.2 Å². The van der Waals surface area contributed by atoms with E-state index in [-0.39, 0.29) is 25.1 Å². The van der Waals surface area contributed by atoms with Crippen molar-refractivity contribution < 1.29 is 27.9 Å². The topological polar surface area (TPSA) is 70.5 Å². The number of alkyl halides is 3. The predicted octanol–water partition coefficient (Wildman–Crippen LogP) is 2.04. The summed E-state index contributed by atoms with van der Waals surface area (Å²) in [6, 6.07) is 1.75. The molecule has 1 aromatic heterocycles. The van der Waals surface area contributed by atoms with Gasteiger partial charge in [0.25, 0.3) is 5.91 Å². The van der Waals surface area contributed by atoms with Crippen LogP contribution in [-0.2, 0) is 11.0 Å². The van der Waals surface area contributed by atoms with E-state index in [0.717, 1.165) is 18.3 Å². The lowest BCUT2D eigenvalue weighted by Gasteiger charge is -2.20. The van der Waals surface area contributed by atoms with Crippen molar-refractivity contribution in [3.05, 3.63) is 29.6 Å². The molecule has 0 radical (unpaired) electrons. The first-order valence-electron chi connectivity index (χ1n) is 5.80. The number of carbonyl (C=O) groups is 2. The van der Waals surface area contributed by atoms with Crippen LogP contribution in [0, 0.1) is 0 Å². The molecule has 0 aromatic carbocycles. The standard InChI is InChI=1S/C12H13F3N2O3/c1-2-17(6-5-10(18)19)11(20)8-3-4-9(16-7-8)12(13,14)15/h3-4,7H,2,5-6H2,1H3,(H,18,19).